The first kappa shape index (κ1) is 11.4. The number of rotatable bonds is 3. The van der Waals surface area contributed by atoms with Crippen LogP contribution in [0.2, 0.25) is 0 Å². The van der Waals surface area contributed by atoms with Gasteiger partial charge in [0.2, 0.25) is 0 Å². The van der Waals surface area contributed by atoms with Crippen LogP contribution in [0.3, 0.4) is 0 Å². The Balaban J connectivity index is 1.92. The summed E-state index contributed by atoms with van der Waals surface area (Å²) in [5.74, 6) is 3.51. The summed E-state index contributed by atoms with van der Waals surface area (Å²) in [5.41, 5.74) is 0. The van der Waals surface area contributed by atoms with E-state index >= 15 is 0 Å². The molecular weight excluding hydrogens is 186 g/mol. The largest absolute Gasteiger partial charge is 0.381 e. The Hall–Kier alpha value is -0.0800. The second-order valence-electron chi connectivity index (χ2n) is 5.67. The summed E-state index contributed by atoms with van der Waals surface area (Å²) in [6.07, 6.45) is 4.05. The number of hydrogen-bond donors (Lipinski definition) is 1. The Morgan fingerprint density at radius 2 is 2.20 bits per heavy atom. The second-order valence-corrected chi connectivity index (χ2v) is 5.67. The third-order valence-electron chi connectivity index (χ3n) is 4.01. The van der Waals surface area contributed by atoms with Crippen LogP contribution in [0.5, 0.6) is 0 Å². The van der Waals surface area contributed by atoms with Gasteiger partial charge in [-0.3, -0.25) is 0 Å². The maximum Gasteiger partial charge on any atom is 0.0497 e. The van der Waals surface area contributed by atoms with Crippen LogP contribution >= 0.6 is 0 Å². The topological polar surface area (TPSA) is 21.3 Å². The molecule has 88 valence electrons. The highest BCUT2D eigenvalue weighted by molar-refractivity contribution is 4.85. The summed E-state index contributed by atoms with van der Waals surface area (Å²) >= 11 is 0. The Labute approximate surface area is 93.8 Å². The smallest absolute Gasteiger partial charge is 0.0497 e. The molecule has 2 aliphatic rings. The van der Waals surface area contributed by atoms with E-state index in [4.69, 9.17) is 4.74 Å². The van der Waals surface area contributed by atoms with Gasteiger partial charge >= 0.3 is 0 Å². The van der Waals surface area contributed by atoms with Gasteiger partial charge in [0, 0.05) is 13.2 Å². The highest BCUT2D eigenvalue weighted by atomic mass is 16.5. The molecule has 1 N–H and O–H groups in total. The van der Waals surface area contributed by atoms with Gasteiger partial charge in [-0.2, -0.15) is 0 Å². The molecule has 2 fully saturated rings. The fourth-order valence-electron chi connectivity index (χ4n) is 3.32. The van der Waals surface area contributed by atoms with Crippen molar-refractivity contribution in [2.24, 2.45) is 23.7 Å². The standard InChI is InChI=1S/C13H25NO/c1-10(2)7-12-8-14-5-3-13(12)11-4-6-15-9-11/h10-14H,3-9H2,1-2H3. The second kappa shape index (κ2) is 5.31. The van der Waals surface area contributed by atoms with Crippen molar-refractivity contribution in [3.8, 4) is 0 Å². The third kappa shape index (κ3) is 2.94. The zero-order valence-corrected chi connectivity index (χ0v) is 10.2. The molecule has 0 aromatic carbocycles. The molecule has 3 atom stereocenters. The summed E-state index contributed by atoms with van der Waals surface area (Å²) in [7, 11) is 0. The van der Waals surface area contributed by atoms with Crippen LogP contribution in [0, 0.1) is 23.7 Å². The van der Waals surface area contributed by atoms with E-state index in [0.29, 0.717) is 0 Å². The van der Waals surface area contributed by atoms with Crippen molar-refractivity contribution >= 4 is 0 Å². The molecule has 0 saturated carbocycles. The van der Waals surface area contributed by atoms with Crippen molar-refractivity contribution in [3.63, 3.8) is 0 Å². The van der Waals surface area contributed by atoms with Gasteiger partial charge in [0.25, 0.3) is 0 Å². The van der Waals surface area contributed by atoms with Gasteiger partial charge in [-0.25, -0.2) is 0 Å². The molecule has 2 rings (SSSR count). The molecule has 0 spiro atoms. The van der Waals surface area contributed by atoms with E-state index in [1.807, 2.05) is 0 Å². The van der Waals surface area contributed by atoms with Crippen molar-refractivity contribution < 1.29 is 4.74 Å². The van der Waals surface area contributed by atoms with Crippen molar-refractivity contribution in [2.45, 2.75) is 33.1 Å². The lowest BCUT2D eigenvalue weighted by atomic mass is 9.74. The average molecular weight is 211 g/mol. The Morgan fingerprint density at radius 1 is 1.33 bits per heavy atom. The first-order chi connectivity index (χ1) is 7.27. The van der Waals surface area contributed by atoms with Crippen LogP contribution in [0.25, 0.3) is 0 Å². The number of piperidine rings is 1. The molecule has 2 heterocycles. The van der Waals surface area contributed by atoms with Crippen LogP contribution < -0.4 is 5.32 Å². The number of ether oxygens (including phenoxy) is 1. The predicted octanol–water partition coefficient (Wildman–Crippen LogP) is 2.29. The normalized spacial score (nSPS) is 37.4. The van der Waals surface area contributed by atoms with Gasteiger partial charge in [0.1, 0.15) is 0 Å². The van der Waals surface area contributed by atoms with Crippen molar-refractivity contribution in [3.05, 3.63) is 0 Å². The van der Waals surface area contributed by atoms with Crippen LogP contribution in [0.4, 0.5) is 0 Å². The lowest BCUT2D eigenvalue weighted by Crippen LogP contribution is -2.40. The molecular formula is C13H25NO. The molecule has 2 nitrogen and oxygen atoms in total. The number of nitrogens with one attached hydrogen (secondary N) is 1. The Bertz CT molecular complexity index is 187. The summed E-state index contributed by atoms with van der Waals surface area (Å²) in [4.78, 5) is 0. The molecule has 0 aromatic heterocycles. The van der Waals surface area contributed by atoms with Crippen LogP contribution in [-0.4, -0.2) is 26.3 Å². The molecule has 2 heteroatoms. The van der Waals surface area contributed by atoms with E-state index in [1.54, 1.807) is 0 Å². The summed E-state index contributed by atoms with van der Waals surface area (Å²) in [6, 6.07) is 0. The van der Waals surface area contributed by atoms with Crippen molar-refractivity contribution in [2.75, 3.05) is 26.3 Å². The van der Waals surface area contributed by atoms with E-state index in [9.17, 15) is 0 Å². The number of hydrogen-bond acceptors (Lipinski definition) is 2. The van der Waals surface area contributed by atoms with Gasteiger partial charge in [0.15, 0.2) is 0 Å². The van der Waals surface area contributed by atoms with Crippen molar-refractivity contribution in [1.82, 2.24) is 5.32 Å². The first-order valence-corrected chi connectivity index (χ1v) is 6.56. The third-order valence-corrected chi connectivity index (χ3v) is 4.01. The Morgan fingerprint density at radius 3 is 2.87 bits per heavy atom. The van der Waals surface area contributed by atoms with Gasteiger partial charge < -0.3 is 10.1 Å². The summed E-state index contributed by atoms with van der Waals surface area (Å²) < 4.78 is 5.54. The quantitative estimate of drug-likeness (QED) is 0.773. The zero-order chi connectivity index (χ0) is 10.7. The highest BCUT2D eigenvalue weighted by Crippen LogP contribution is 2.35. The van der Waals surface area contributed by atoms with E-state index < -0.39 is 0 Å². The van der Waals surface area contributed by atoms with Crippen LogP contribution in [0.1, 0.15) is 33.1 Å². The van der Waals surface area contributed by atoms with Gasteiger partial charge in [0.05, 0.1) is 0 Å². The summed E-state index contributed by atoms with van der Waals surface area (Å²) in [5, 5.41) is 3.55. The van der Waals surface area contributed by atoms with Gasteiger partial charge in [-0.15, -0.1) is 0 Å². The zero-order valence-electron chi connectivity index (χ0n) is 10.2. The van der Waals surface area contributed by atoms with E-state index in [0.717, 1.165) is 36.9 Å². The van der Waals surface area contributed by atoms with Crippen LogP contribution in [-0.2, 0) is 4.74 Å². The lowest BCUT2D eigenvalue weighted by molar-refractivity contribution is 0.123. The molecule has 2 aliphatic heterocycles. The summed E-state index contributed by atoms with van der Waals surface area (Å²) in [6.45, 7) is 9.17. The van der Waals surface area contributed by atoms with Crippen LogP contribution in [0.15, 0.2) is 0 Å². The molecule has 0 radical (unpaired) electrons. The maximum atomic E-state index is 5.54. The molecule has 15 heavy (non-hydrogen) atoms. The minimum atomic E-state index is 0.833. The van der Waals surface area contributed by atoms with E-state index in [-0.39, 0.29) is 0 Å². The first-order valence-electron chi connectivity index (χ1n) is 6.56. The molecule has 0 bridgehead atoms. The maximum absolute atomic E-state index is 5.54. The monoisotopic (exact) mass is 211 g/mol. The van der Waals surface area contributed by atoms with Gasteiger partial charge in [-0.05, 0) is 56.0 Å². The lowest BCUT2D eigenvalue weighted by Gasteiger charge is -2.36. The highest BCUT2D eigenvalue weighted by Gasteiger charge is 2.33. The average Bonchev–Trinajstić information content (AvgIpc) is 2.70. The minimum Gasteiger partial charge on any atom is -0.381 e. The minimum absolute atomic E-state index is 0.833. The molecule has 3 unspecified atom stereocenters. The van der Waals surface area contributed by atoms with E-state index in [2.05, 4.69) is 19.2 Å². The van der Waals surface area contributed by atoms with E-state index in [1.165, 1.54) is 32.4 Å². The Kier molecular flexibility index (Phi) is 4.04. The predicted molar refractivity (Wildman–Crippen MR) is 62.8 cm³/mol. The fraction of sp³-hybridized carbons (Fsp3) is 1.00. The molecule has 2 saturated heterocycles. The fourth-order valence-corrected chi connectivity index (χ4v) is 3.32. The molecule has 0 aromatic rings. The molecule has 0 amide bonds. The molecule has 0 aliphatic carbocycles. The van der Waals surface area contributed by atoms with Gasteiger partial charge in [-0.1, -0.05) is 13.8 Å². The van der Waals surface area contributed by atoms with Crippen molar-refractivity contribution in [1.29, 1.82) is 0 Å². The SMILES string of the molecule is CC(C)CC1CNCCC1C1CCOC1.